The van der Waals surface area contributed by atoms with Crippen molar-refractivity contribution >= 4 is 40.3 Å². The summed E-state index contributed by atoms with van der Waals surface area (Å²) in [5.41, 5.74) is 3.46. The zero-order valence-electron chi connectivity index (χ0n) is 17.3. The van der Waals surface area contributed by atoms with Crippen molar-refractivity contribution in [2.45, 2.75) is 26.7 Å². The Morgan fingerprint density at radius 1 is 1.19 bits per heavy atom. The number of halogens is 1. The van der Waals surface area contributed by atoms with Crippen molar-refractivity contribution in [2.75, 3.05) is 6.54 Å². The van der Waals surface area contributed by atoms with Crippen LogP contribution in [0.3, 0.4) is 0 Å². The Morgan fingerprint density at radius 2 is 1.97 bits per heavy atom. The molecule has 0 N–H and O–H groups in total. The summed E-state index contributed by atoms with van der Waals surface area (Å²) >= 11 is 6.72. The summed E-state index contributed by atoms with van der Waals surface area (Å²) in [6, 6.07) is 14.8. The second kappa shape index (κ2) is 9.16. The highest BCUT2D eigenvalue weighted by atomic mass is 32.2. The van der Waals surface area contributed by atoms with Gasteiger partial charge in [0.15, 0.2) is 0 Å². The van der Waals surface area contributed by atoms with Gasteiger partial charge in [-0.1, -0.05) is 67.7 Å². The minimum Gasteiger partial charge on any atom is -0.293 e. The number of amides is 1. The molecule has 1 aliphatic heterocycles. The van der Waals surface area contributed by atoms with Gasteiger partial charge in [0.05, 0.1) is 10.6 Å². The summed E-state index contributed by atoms with van der Waals surface area (Å²) in [5, 5.41) is 4.71. The summed E-state index contributed by atoms with van der Waals surface area (Å²) in [4.78, 5) is 15.1. The maximum Gasteiger partial charge on any atom is 0.266 e. The van der Waals surface area contributed by atoms with E-state index in [1.165, 1.54) is 17.8 Å². The Morgan fingerprint density at radius 3 is 2.68 bits per heavy atom. The highest BCUT2D eigenvalue weighted by molar-refractivity contribution is 8.26. The highest BCUT2D eigenvalue weighted by Crippen LogP contribution is 2.35. The molecule has 2 aromatic carbocycles. The van der Waals surface area contributed by atoms with Crippen LogP contribution in [-0.4, -0.2) is 31.5 Å². The number of hydrogen-bond donors (Lipinski definition) is 0. The second-order valence-electron chi connectivity index (χ2n) is 7.36. The molecule has 2 heterocycles. The molecular weight excluding hydrogens is 429 g/mol. The molecule has 158 valence electrons. The lowest BCUT2D eigenvalue weighted by Gasteiger charge is -2.12. The molecule has 4 rings (SSSR count). The topological polar surface area (TPSA) is 38.1 Å². The molecule has 1 saturated heterocycles. The van der Waals surface area contributed by atoms with Gasteiger partial charge in [-0.2, -0.15) is 5.10 Å². The van der Waals surface area contributed by atoms with Crippen molar-refractivity contribution < 1.29 is 9.18 Å². The fraction of sp³-hybridized carbons (Fsp3) is 0.208. The number of carbonyl (C=O) groups is 1. The average Bonchev–Trinajstić information content (AvgIpc) is 3.30. The lowest BCUT2D eigenvalue weighted by Crippen LogP contribution is -2.28. The first-order chi connectivity index (χ1) is 15.0. The predicted molar refractivity (Wildman–Crippen MR) is 128 cm³/mol. The van der Waals surface area contributed by atoms with Gasteiger partial charge in [-0.05, 0) is 43.2 Å². The van der Waals surface area contributed by atoms with E-state index in [2.05, 4.69) is 6.92 Å². The van der Waals surface area contributed by atoms with Gasteiger partial charge in [-0.15, -0.1) is 0 Å². The van der Waals surface area contributed by atoms with E-state index in [-0.39, 0.29) is 11.7 Å². The van der Waals surface area contributed by atoms with Crippen LogP contribution in [0, 0.1) is 12.7 Å². The first-order valence-corrected chi connectivity index (χ1v) is 11.4. The van der Waals surface area contributed by atoms with Crippen molar-refractivity contribution in [1.29, 1.82) is 0 Å². The number of aryl methyl sites for hydroxylation is 1. The fourth-order valence-electron chi connectivity index (χ4n) is 3.32. The minimum atomic E-state index is -0.288. The first kappa shape index (κ1) is 21.5. The number of unbranched alkanes of at least 4 members (excludes halogenated alkanes) is 1. The molecule has 0 atom stereocenters. The number of benzene rings is 2. The molecule has 4 nitrogen and oxygen atoms in total. The molecule has 0 radical (unpaired) electrons. The second-order valence-corrected chi connectivity index (χ2v) is 9.04. The summed E-state index contributed by atoms with van der Waals surface area (Å²) in [7, 11) is 0. The van der Waals surface area contributed by atoms with Crippen LogP contribution in [0.2, 0.25) is 0 Å². The molecule has 3 aromatic rings. The largest absolute Gasteiger partial charge is 0.293 e. The van der Waals surface area contributed by atoms with E-state index in [1.54, 1.807) is 22.6 Å². The minimum absolute atomic E-state index is 0.0862. The summed E-state index contributed by atoms with van der Waals surface area (Å²) in [6.07, 6.45) is 5.56. The maximum absolute atomic E-state index is 14.3. The lowest BCUT2D eigenvalue weighted by molar-refractivity contribution is -0.122. The van der Waals surface area contributed by atoms with Gasteiger partial charge in [0.1, 0.15) is 15.8 Å². The van der Waals surface area contributed by atoms with Gasteiger partial charge in [0.25, 0.3) is 5.91 Å². The summed E-state index contributed by atoms with van der Waals surface area (Å²) in [5.74, 6) is -0.374. The van der Waals surface area contributed by atoms with Crippen molar-refractivity contribution in [3.05, 3.63) is 76.6 Å². The number of aromatic nitrogens is 2. The van der Waals surface area contributed by atoms with Gasteiger partial charge in [0.2, 0.25) is 0 Å². The molecular formula is C24H22FN3OS2. The molecule has 1 fully saturated rings. The van der Waals surface area contributed by atoms with Crippen LogP contribution >= 0.6 is 24.0 Å². The molecule has 1 aromatic heterocycles. The van der Waals surface area contributed by atoms with Crippen LogP contribution in [0.15, 0.2) is 59.6 Å². The number of rotatable bonds is 6. The van der Waals surface area contributed by atoms with Gasteiger partial charge < -0.3 is 0 Å². The van der Waals surface area contributed by atoms with Gasteiger partial charge >= 0.3 is 0 Å². The molecule has 0 saturated carbocycles. The lowest BCUT2D eigenvalue weighted by atomic mass is 10.1. The third kappa shape index (κ3) is 4.48. The van der Waals surface area contributed by atoms with Crippen molar-refractivity contribution in [2.24, 2.45) is 0 Å². The number of nitrogens with zero attached hydrogens (tertiary/aromatic N) is 3. The van der Waals surface area contributed by atoms with E-state index in [0.29, 0.717) is 32.6 Å². The van der Waals surface area contributed by atoms with Crippen molar-refractivity contribution in [3.63, 3.8) is 0 Å². The molecule has 31 heavy (non-hydrogen) atoms. The van der Waals surface area contributed by atoms with Crippen LogP contribution in [0.5, 0.6) is 0 Å². The third-order valence-electron chi connectivity index (χ3n) is 5.10. The number of para-hydroxylation sites is 1. The van der Waals surface area contributed by atoms with Crippen molar-refractivity contribution in [3.8, 4) is 16.9 Å². The van der Waals surface area contributed by atoms with Crippen LogP contribution < -0.4 is 0 Å². The predicted octanol–water partition coefficient (Wildman–Crippen LogP) is 5.99. The van der Waals surface area contributed by atoms with Gasteiger partial charge in [-0.3, -0.25) is 9.69 Å². The van der Waals surface area contributed by atoms with E-state index in [4.69, 9.17) is 17.3 Å². The number of thiocarbonyl (C=S) groups is 1. The number of hydrogen-bond acceptors (Lipinski definition) is 4. The van der Waals surface area contributed by atoms with Crippen LogP contribution in [0.1, 0.15) is 30.9 Å². The fourth-order valence-corrected chi connectivity index (χ4v) is 4.62. The molecule has 0 aliphatic carbocycles. The van der Waals surface area contributed by atoms with E-state index < -0.39 is 0 Å². The number of carbonyl (C=O) groups excluding carboxylic acids is 1. The summed E-state index contributed by atoms with van der Waals surface area (Å²) < 4.78 is 16.6. The Bertz CT molecular complexity index is 1170. The normalized spacial score (nSPS) is 15.3. The zero-order valence-corrected chi connectivity index (χ0v) is 19.0. The Hall–Kier alpha value is -2.77. The quantitative estimate of drug-likeness (QED) is 0.341. The molecule has 1 amide bonds. The van der Waals surface area contributed by atoms with Crippen LogP contribution in [0.4, 0.5) is 4.39 Å². The number of thioether (sulfide) groups is 1. The summed E-state index contributed by atoms with van der Waals surface area (Å²) in [6.45, 7) is 4.43. The van der Waals surface area contributed by atoms with Gasteiger partial charge in [0, 0.05) is 23.9 Å². The highest BCUT2D eigenvalue weighted by Gasteiger charge is 2.31. The zero-order chi connectivity index (χ0) is 22.0. The molecule has 0 spiro atoms. The van der Waals surface area contributed by atoms with E-state index in [0.717, 1.165) is 24.1 Å². The van der Waals surface area contributed by atoms with Crippen molar-refractivity contribution in [1.82, 2.24) is 14.7 Å². The first-order valence-electron chi connectivity index (χ1n) is 10.1. The third-order valence-corrected chi connectivity index (χ3v) is 6.48. The van der Waals surface area contributed by atoms with E-state index in [9.17, 15) is 9.18 Å². The SMILES string of the molecule is CCCCN1C(=O)C(=Cc2cn(-c3ccccc3)nc2-c2ccc(C)c(F)c2)SC1=S. The Balaban J connectivity index is 1.78. The monoisotopic (exact) mass is 451 g/mol. The van der Waals surface area contributed by atoms with Gasteiger partial charge in [-0.25, -0.2) is 9.07 Å². The van der Waals surface area contributed by atoms with Crippen LogP contribution in [-0.2, 0) is 4.79 Å². The Kier molecular flexibility index (Phi) is 6.34. The maximum atomic E-state index is 14.3. The molecule has 7 heteroatoms. The van der Waals surface area contributed by atoms with Crippen LogP contribution in [0.25, 0.3) is 23.0 Å². The van der Waals surface area contributed by atoms with E-state index >= 15 is 0 Å². The molecule has 0 bridgehead atoms. The standard InChI is InChI=1S/C24H22FN3OS2/c1-3-4-12-27-23(29)21(31-24(27)30)14-18-15-28(19-8-6-5-7-9-19)26-22(18)17-11-10-16(2)20(25)13-17/h5-11,13-15H,3-4,12H2,1-2H3. The Labute approximate surface area is 190 Å². The average molecular weight is 452 g/mol. The molecule has 0 unspecified atom stereocenters. The van der Waals surface area contributed by atoms with E-state index in [1.807, 2.05) is 48.7 Å². The molecule has 1 aliphatic rings. The smallest absolute Gasteiger partial charge is 0.266 e.